The van der Waals surface area contributed by atoms with E-state index < -0.39 is 11.4 Å². The van der Waals surface area contributed by atoms with Crippen molar-refractivity contribution in [2.75, 3.05) is 26.2 Å². The molecule has 4 heteroatoms. The Morgan fingerprint density at radius 3 is 2.29 bits per heavy atom. The van der Waals surface area contributed by atoms with E-state index in [4.69, 9.17) is 9.84 Å². The lowest BCUT2D eigenvalue weighted by Gasteiger charge is -2.36. The second kappa shape index (κ2) is 5.36. The number of carboxylic acid groups (broad SMARTS) is 1. The minimum atomic E-state index is -0.664. The lowest BCUT2D eigenvalue weighted by Crippen LogP contribution is -2.44. The maximum absolute atomic E-state index is 11.1. The summed E-state index contributed by atoms with van der Waals surface area (Å²) in [6.45, 7) is 11.3. The quantitative estimate of drug-likeness (QED) is 0.820. The molecule has 0 unspecified atom stereocenters. The fraction of sp³-hybridized carbons (Fsp3) is 0.923. The average molecular weight is 243 g/mol. The third-order valence-electron chi connectivity index (χ3n) is 3.42. The molecule has 1 rings (SSSR count). The predicted octanol–water partition coefficient (Wildman–Crippen LogP) is 1.99. The summed E-state index contributed by atoms with van der Waals surface area (Å²) in [5, 5.41) is 9.12. The summed E-state index contributed by atoms with van der Waals surface area (Å²) in [4.78, 5) is 13.4. The molecule has 100 valence electrons. The van der Waals surface area contributed by atoms with Crippen molar-refractivity contribution in [1.82, 2.24) is 4.90 Å². The Kier molecular flexibility index (Phi) is 4.55. The lowest BCUT2D eigenvalue weighted by molar-refractivity contribution is -0.150. The molecule has 0 atom stereocenters. The number of rotatable bonds is 4. The van der Waals surface area contributed by atoms with Crippen molar-refractivity contribution in [1.29, 1.82) is 0 Å². The molecule has 1 heterocycles. The third kappa shape index (κ3) is 4.64. The van der Waals surface area contributed by atoms with Gasteiger partial charge in [0.25, 0.3) is 0 Å². The van der Waals surface area contributed by atoms with E-state index in [1.165, 1.54) is 0 Å². The van der Waals surface area contributed by atoms with Crippen molar-refractivity contribution in [2.45, 2.75) is 46.1 Å². The van der Waals surface area contributed by atoms with Crippen LogP contribution in [0.4, 0.5) is 0 Å². The summed E-state index contributed by atoms with van der Waals surface area (Å²) in [7, 11) is 0. The van der Waals surface area contributed by atoms with Crippen LogP contribution in [0.15, 0.2) is 0 Å². The Balaban J connectivity index is 2.26. The van der Waals surface area contributed by atoms with Gasteiger partial charge in [-0.25, -0.2) is 0 Å². The predicted molar refractivity (Wildman–Crippen MR) is 67.1 cm³/mol. The van der Waals surface area contributed by atoms with E-state index in [-0.39, 0.29) is 5.60 Å². The highest BCUT2D eigenvalue weighted by Gasteiger charge is 2.36. The van der Waals surface area contributed by atoms with Crippen LogP contribution < -0.4 is 0 Å². The smallest absolute Gasteiger partial charge is 0.309 e. The van der Waals surface area contributed by atoms with Crippen molar-refractivity contribution in [3.63, 3.8) is 0 Å². The van der Waals surface area contributed by atoms with Crippen molar-refractivity contribution in [3.05, 3.63) is 0 Å². The fourth-order valence-electron chi connectivity index (χ4n) is 1.96. The van der Waals surface area contributed by atoms with Gasteiger partial charge < -0.3 is 14.7 Å². The Bertz CT molecular complexity index is 262. The Morgan fingerprint density at radius 2 is 1.88 bits per heavy atom. The summed E-state index contributed by atoms with van der Waals surface area (Å²) >= 11 is 0. The normalized spacial score (nSPS) is 21.4. The van der Waals surface area contributed by atoms with Gasteiger partial charge >= 0.3 is 5.97 Å². The number of nitrogens with zero attached hydrogens (tertiary/aromatic N) is 1. The number of hydrogen-bond acceptors (Lipinski definition) is 3. The van der Waals surface area contributed by atoms with Gasteiger partial charge in [0.1, 0.15) is 0 Å². The molecule has 0 saturated carbocycles. The van der Waals surface area contributed by atoms with Gasteiger partial charge in [-0.05, 0) is 53.6 Å². The van der Waals surface area contributed by atoms with Crippen molar-refractivity contribution in [3.8, 4) is 0 Å². The molecule has 0 aromatic rings. The molecule has 0 aromatic carbocycles. The molecule has 0 bridgehead atoms. The van der Waals surface area contributed by atoms with E-state index in [1.807, 2.05) is 27.7 Å². The molecule has 4 nitrogen and oxygen atoms in total. The number of aliphatic carboxylic acids is 1. The van der Waals surface area contributed by atoms with E-state index in [0.29, 0.717) is 6.61 Å². The zero-order chi connectivity index (χ0) is 13.1. The monoisotopic (exact) mass is 243 g/mol. The second-order valence-corrected chi connectivity index (χ2v) is 6.17. The minimum Gasteiger partial charge on any atom is -0.481 e. The van der Waals surface area contributed by atoms with Crippen molar-refractivity contribution < 1.29 is 14.6 Å². The van der Waals surface area contributed by atoms with Gasteiger partial charge in [0.15, 0.2) is 0 Å². The number of ether oxygens (including phenoxy) is 1. The Labute approximate surface area is 104 Å². The SMILES string of the molecule is CC(C)(C)OCCN1CCC(C)(C(=O)O)CC1. The topological polar surface area (TPSA) is 49.8 Å². The van der Waals surface area contributed by atoms with Gasteiger partial charge in [0, 0.05) is 6.54 Å². The first-order chi connectivity index (χ1) is 7.73. The molecular weight excluding hydrogens is 218 g/mol. The van der Waals surface area contributed by atoms with Gasteiger partial charge in [-0.2, -0.15) is 0 Å². The summed E-state index contributed by atoms with van der Waals surface area (Å²) in [6.07, 6.45) is 1.47. The molecule has 0 aliphatic carbocycles. The van der Waals surface area contributed by atoms with E-state index in [1.54, 1.807) is 0 Å². The number of carbonyl (C=O) groups is 1. The first-order valence-corrected chi connectivity index (χ1v) is 6.33. The van der Waals surface area contributed by atoms with Gasteiger partial charge in [0.2, 0.25) is 0 Å². The molecule has 0 spiro atoms. The average Bonchev–Trinajstić information content (AvgIpc) is 2.19. The lowest BCUT2D eigenvalue weighted by atomic mass is 9.80. The number of piperidine rings is 1. The van der Waals surface area contributed by atoms with Crippen LogP contribution >= 0.6 is 0 Å². The van der Waals surface area contributed by atoms with Crippen LogP contribution in [0.3, 0.4) is 0 Å². The van der Waals surface area contributed by atoms with E-state index in [0.717, 1.165) is 32.5 Å². The minimum absolute atomic E-state index is 0.0919. The van der Waals surface area contributed by atoms with E-state index in [9.17, 15) is 4.79 Å². The molecule has 17 heavy (non-hydrogen) atoms. The molecular formula is C13H25NO3. The van der Waals surface area contributed by atoms with Crippen LogP contribution in [0.5, 0.6) is 0 Å². The summed E-state index contributed by atoms with van der Waals surface area (Å²) in [6, 6.07) is 0. The molecule has 1 fully saturated rings. The van der Waals surface area contributed by atoms with E-state index >= 15 is 0 Å². The molecule has 1 N–H and O–H groups in total. The fourth-order valence-corrected chi connectivity index (χ4v) is 1.96. The summed E-state index contributed by atoms with van der Waals surface area (Å²) < 4.78 is 5.67. The van der Waals surface area contributed by atoms with Crippen LogP contribution in [0.2, 0.25) is 0 Å². The molecule has 0 aromatic heterocycles. The highest BCUT2D eigenvalue weighted by atomic mass is 16.5. The molecule has 1 saturated heterocycles. The van der Waals surface area contributed by atoms with Crippen molar-refractivity contribution in [2.24, 2.45) is 5.41 Å². The van der Waals surface area contributed by atoms with Crippen LogP contribution in [0.25, 0.3) is 0 Å². The number of likely N-dealkylation sites (tertiary alicyclic amines) is 1. The van der Waals surface area contributed by atoms with E-state index in [2.05, 4.69) is 4.90 Å². The summed E-state index contributed by atoms with van der Waals surface area (Å²) in [5.74, 6) is -0.664. The first-order valence-electron chi connectivity index (χ1n) is 6.33. The molecule has 1 aliphatic heterocycles. The molecule has 0 amide bonds. The van der Waals surface area contributed by atoms with Gasteiger partial charge in [0.05, 0.1) is 17.6 Å². The first kappa shape index (κ1) is 14.5. The highest BCUT2D eigenvalue weighted by molar-refractivity contribution is 5.74. The van der Waals surface area contributed by atoms with Gasteiger partial charge in [-0.1, -0.05) is 0 Å². The molecule has 1 aliphatic rings. The maximum Gasteiger partial charge on any atom is 0.309 e. The Morgan fingerprint density at radius 1 is 1.35 bits per heavy atom. The largest absolute Gasteiger partial charge is 0.481 e. The standard InChI is InChI=1S/C13H25NO3/c1-12(2,3)17-10-9-14-7-5-13(4,6-8-14)11(15)16/h5-10H2,1-4H3,(H,15,16). The van der Waals surface area contributed by atoms with Crippen LogP contribution in [0.1, 0.15) is 40.5 Å². The number of carboxylic acids is 1. The van der Waals surface area contributed by atoms with Crippen LogP contribution in [-0.4, -0.2) is 47.8 Å². The number of hydrogen-bond donors (Lipinski definition) is 1. The highest BCUT2D eigenvalue weighted by Crippen LogP contribution is 2.30. The van der Waals surface area contributed by atoms with Crippen molar-refractivity contribution >= 4 is 5.97 Å². The van der Waals surface area contributed by atoms with Gasteiger partial charge in [-0.3, -0.25) is 4.79 Å². The zero-order valence-corrected chi connectivity index (χ0v) is 11.5. The zero-order valence-electron chi connectivity index (χ0n) is 11.5. The Hall–Kier alpha value is -0.610. The second-order valence-electron chi connectivity index (χ2n) is 6.17. The van der Waals surface area contributed by atoms with Crippen LogP contribution in [0, 0.1) is 5.41 Å². The third-order valence-corrected chi connectivity index (χ3v) is 3.42. The van der Waals surface area contributed by atoms with Gasteiger partial charge in [-0.15, -0.1) is 0 Å². The molecule has 0 radical (unpaired) electrons. The maximum atomic E-state index is 11.1. The van der Waals surface area contributed by atoms with Crippen LogP contribution in [-0.2, 0) is 9.53 Å². The summed E-state index contributed by atoms with van der Waals surface area (Å²) in [5.41, 5.74) is -0.618.